The van der Waals surface area contributed by atoms with Crippen LogP contribution in [0.5, 0.6) is 0 Å². The number of unbranched alkanes of at least 4 members (excludes halogenated alkanes) is 1. The summed E-state index contributed by atoms with van der Waals surface area (Å²) in [5.74, 6) is -0.0215. The van der Waals surface area contributed by atoms with Crippen molar-refractivity contribution < 1.29 is 9.53 Å². The predicted octanol–water partition coefficient (Wildman–Crippen LogP) is 5.44. The Morgan fingerprint density at radius 1 is 1.29 bits per heavy atom. The van der Waals surface area contributed by atoms with Gasteiger partial charge in [-0.05, 0) is 26.1 Å². The van der Waals surface area contributed by atoms with Crippen LogP contribution >= 0.6 is 46.6 Å². The molecule has 7 heteroatoms. The number of rotatable bonds is 8. The van der Waals surface area contributed by atoms with Crippen LogP contribution in [0.25, 0.3) is 0 Å². The molecule has 2 rings (SSSR count). The summed E-state index contributed by atoms with van der Waals surface area (Å²) in [7, 11) is 2.10. The van der Waals surface area contributed by atoms with Gasteiger partial charge in [-0.25, -0.2) is 0 Å². The van der Waals surface area contributed by atoms with Crippen LogP contribution in [0.2, 0.25) is 15.1 Å². The third kappa shape index (κ3) is 5.26. The van der Waals surface area contributed by atoms with E-state index in [0.717, 1.165) is 18.0 Å². The molecule has 1 aliphatic rings. The number of hydrogen-bond donors (Lipinski definition) is 0. The first-order chi connectivity index (χ1) is 11.4. The molecule has 0 spiro atoms. The zero-order chi connectivity index (χ0) is 17.7. The summed E-state index contributed by atoms with van der Waals surface area (Å²) in [5.41, 5.74) is 0.453. The van der Waals surface area contributed by atoms with Gasteiger partial charge in [-0.1, -0.05) is 48.1 Å². The van der Waals surface area contributed by atoms with E-state index in [1.807, 2.05) is 0 Å². The lowest BCUT2D eigenvalue weighted by Gasteiger charge is -2.25. The Morgan fingerprint density at radius 2 is 2.04 bits per heavy atom. The maximum atomic E-state index is 12.4. The quantitative estimate of drug-likeness (QED) is 0.421. The molecule has 0 aromatic heterocycles. The van der Waals surface area contributed by atoms with Crippen molar-refractivity contribution >= 4 is 52.3 Å². The van der Waals surface area contributed by atoms with Crippen molar-refractivity contribution in [3.05, 3.63) is 26.7 Å². The summed E-state index contributed by atoms with van der Waals surface area (Å²) < 4.78 is 5.76. The Labute approximate surface area is 163 Å². The molecule has 0 saturated heterocycles. The normalized spacial score (nSPS) is 17.4. The van der Waals surface area contributed by atoms with Crippen molar-refractivity contribution in [3.63, 3.8) is 0 Å². The molecule has 1 heterocycles. The van der Waals surface area contributed by atoms with Crippen LogP contribution < -0.4 is 0 Å². The van der Waals surface area contributed by atoms with E-state index in [-0.39, 0.29) is 11.0 Å². The van der Waals surface area contributed by atoms with Crippen LogP contribution in [0.4, 0.5) is 0 Å². The number of nitrogens with zero attached hydrogens (tertiary/aromatic N) is 1. The van der Waals surface area contributed by atoms with Gasteiger partial charge in [-0.2, -0.15) is 0 Å². The Morgan fingerprint density at radius 3 is 2.75 bits per heavy atom. The highest BCUT2D eigenvalue weighted by atomic mass is 35.5. The van der Waals surface area contributed by atoms with Crippen molar-refractivity contribution in [2.45, 2.75) is 36.3 Å². The molecule has 0 amide bonds. The van der Waals surface area contributed by atoms with E-state index < -0.39 is 0 Å². The molecule has 0 aliphatic carbocycles. The van der Waals surface area contributed by atoms with E-state index in [2.05, 4.69) is 18.9 Å². The van der Waals surface area contributed by atoms with E-state index in [0.29, 0.717) is 40.3 Å². The van der Waals surface area contributed by atoms with Gasteiger partial charge in [0.2, 0.25) is 0 Å². The minimum Gasteiger partial charge on any atom is -0.379 e. The summed E-state index contributed by atoms with van der Waals surface area (Å²) >= 11 is 20.0. The second kappa shape index (κ2) is 9.65. The third-order valence-corrected chi connectivity index (χ3v) is 6.41. The van der Waals surface area contributed by atoms with Crippen LogP contribution in [0, 0.1) is 0 Å². The lowest BCUT2D eigenvalue weighted by molar-refractivity contribution is 0.0910. The van der Waals surface area contributed by atoms with E-state index in [4.69, 9.17) is 39.5 Å². The zero-order valence-electron chi connectivity index (χ0n) is 13.9. The first-order valence-corrected chi connectivity index (χ1v) is 10.1. The van der Waals surface area contributed by atoms with Crippen LogP contribution in [0.1, 0.15) is 36.5 Å². The minimum absolute atomic E-state index is 0.0215. The average Bonchev–Trinajstić information content (AvgIpc) is 2.54. The van der Waals surface area contributed by atoms with E-state index >= 15 is 0 Å². The van der Waals surface area contributed by atoms with Crippen molar-refractivity contribution in [3.8, 4) is 0 Å². The SMILES string of the molecule is CCCCN(C)CCOCC1CC(=O)c2c(Cl)c(Cl)cc(Cl)c2S1. The Bertz CT molecular complexity index is 598. The Hall–Kier alpha value is 0.0300. The smallest absolute Gasteiger partial charge is 0.166 e. The molecule has 0 fully saturated rings. The Balaban J connectivity index is 1.88. The van der Waals surface area contributed by atoms with Gasteiger partial charge in [-0.15, -0.1) is 11.8 Å². The number of ether oxygens (including phenoxy) is 1. The standard InChI is InChI=1S/C17H22Cl3NO2S/c1-3-4-5-21(2)6-7-23-10-11-8-14(22)15-16(20)12(18)9-13(19)17(15)24-11/h9,11H,3-8,10H2,1-2H3. The van der Waals surface area contributed by atoms with Gasteiger partial charge in [0.05, 0.1) is 33.8 Å². The van der Waals surface area contributed by atoms with Gasteiger partial charge in [-0.3, -0.25) is 4.79 Å². The lowest BCUT2D eigenvalue weighted by Crippen LogP contribution is -2.27. The number of benzene rings is 1. The molecule has 0 radical (unpaired) electrons. The minimum atomic E-state index is -0.0215. The number of Topliss-reactive ketones (excluding diaryl/α,β-unsaturated/α-hetero) is 1. The maximum Gasteiger partial charge on any atom is 0.166 e. The van der Waals surface area contributed by atoms with E-state index in [1.54, 1.807) is 17.8 Å². The number of carbonyl (C=O) groups excluding carboxylic acids is 1. The number of carbonyl (C=O) groups is 1. The largest absolute Gasteiger partial charge is 0.379 e. The number of thioether (sulfide) groups is 1. The van der Waals surface area contributed by atoms with Gasteiger partial charge in [0.15, 0.2) is 5.78 Å². The molecule has 134 valence electrons. The second-order valence-corrected chi connectivity index (χ2v) is 8.46. The molecule has 0 bridgehead atoms. The van der Waals surface area contributed by atoms with Crippen LogP contribution in [-0.4, -0.2) is 49.3 Å². The van der Waals surface area contributed by atoms with E-state index in [1.165, 1.54) is 12.8 Å². The van der Waals surface area contributed by atoms with Crippen LogP contribution in [-0.2, 0) is 4.74 Å². The topological polar surface area (TPSA) is 29.5 Å². The fraction of sp³-hybridized carbons (Fsp3) is 0.588. The fourth-order valence-corrected chi connectivity index (χ4v) is 4.67. The number of halogens is 3. The molecule has 1 unspecified atom stereocenters. The molecular formula is C17H22Cl3NO2S. The monoisotopic (exact) mass is 409 g/mol. The van der Waals surface area contributed by atoms with Gasteiger partial charge in [0.25, 0.3) is 0 Å². The van der Waals surface area contributed by atoms with Gasteiger partial charge >= 0.3 is 0 Å². The van der Waals surface area contributed by atoms with E-state index in [9.17, 15) is 4.79 Å². The summed E-state index contributed by atoms with van der Waals surface area (Å²) in [5, 5.41) is 1.15. The zero-order valence-corrected chi connectivity index (χ0v) is 17.0. The molecule has 1 aromatic rings. The highest BCUT2D eigenvalue weighted by molar-refractivity contribution is 8.00. The molecule has 0 saturated carbocycles. The highest BCUT2D eigenvalue weighted by Crippen LogP contribution is 2.45. The fourth-order valence-electron chi connectivity index (χ4n) is 2.53. The molecule has 1 atom stereocenters. The average molecular weight is 411 g/mol. The number of hydrogen-bond acceptors (Lipinski definition) is 4. The third-order valence-electron chi connectivity index (χ3n) is 3.92. The molecule has 1 aromatic carbocycles. The van der Waals surface area contributed by atoms with Gasteiger partial charge in [0, 0.05) is 23.1 Å². The van der Waals surface area contributed by atoms with Crippen molar-refractivity contribution in [1.82, 2.24) is 4.90 Å². The van der Waals surface area contributed by atoms with Gasteiger partial charge in [0.1, 0.15) is 0 Å². The first-order valence-electron chi connectivity index (χ1n) is 8.07. The number of likely N-dealkylation sites (N-methyl/N-ethyl adjacent to an activating group) is 1. The summed E-state index contributed by atoms with van der Waals surface area (Å²) in [6.45, 7) is 5.34. The van der Waals surface area contributed by atoms with Crippen LogP contribution in [0.15, 0.2) is 11.0 Å². The highest BCUT2D eigenvalue weighted by Gasteiger charge is 2.31. The first kappa shape index (κ1) is 20.3. The number of ketones is 1. The second-order valence-electron chi connectivity index (χ2n) is 5.96. The van der Waals surface area contributed by atoms with Crippen LogP contribution in [0.3, 0.4) is 0 Å². The number of fused-ring (bicyclic) bond motifs is 1. The molecule has 0 N–H and O–H groups in total. The Kier molecular flexibility index (Phi) is 8.18. The maximum absolute atomic E-state index is 12.4. The summed E-state index contributed by atoms with van der Waals surface area (Å²) in [6.07, 6.45) is 2.78. The van der Waals surface area contributed by atoms with Gasteiger partial charge < -0.3 is 9.64 Å². The molecule has 24 heavy (non-hydrogen) atoms. The van der Waals surface area contributed by atoms with Crippen molar-refractivity contribution in [1.29, 1.82) is 0 Å². The summed E-state index contributed by atoms with van der Waals surface area (Å²) in [4.78, 5) is 15.4. The molecule has 1 aliphatic heterocycles. The predicted molar refractivity (Wildman–Crippen MR) is 103 cm³/mol. The van der Waals surface area contributed by atoms with Crippen molar-refractivity contribution in [2.75, 3.05) is 33.4 Å². The molecule has 3 nitrogen and oxygen atoms in total. The lowest BCUT2D eigenvalue weighted by atomic mass is 10.1. The summed E-state index contributed by atoms with van der Waals surface area (Å²) in [6, 6.07) is 1.59. The molecular weight excluding hydrogens is 389 g/mol. The van der Waals surface area contributed by atoms with Crippen molar-refractivity contribution in [2.24, 2.45) is 0 Å².